The Hall–Kier alpha value is -2.33. The summed E-state index contributed by atoms with van der Waals surface area (Å²) in [6.07, 6.45) is 3.81. The van der Waals surface area contributed by atoms with Gasteiger partial charge in [-0.15, -0.1) is 0 Å². The summed E-state index contributed by atoms with van der Waals surface area (Å²) >= 11 is 0. The molecule has 2 heterocycles. The lowest BCUT2D eigenvalue weighted by Crippen LogP contribution is -2.59. The molecule has 2 atom stereocenters. The quantitative estimate of drug-likeness (QED) is 0.734. The van der Waals surface area contributed by atoms with E-state index in [-0.39, 0.29) is 18.2 Å². The molecule has 2 aromatic carbocycles. The van der Waals surface area contributed by atoms with Crippen molar-refractivity contribution in [2.24, 2.45) is 0 Å². The Morgan fingerprint density at radius 2 is 1.52 bits per heavy atom. The first kappa shape index (κ1) is 20.0. The number of carbonyl (C=O) groups excluding carboxylic acids is 1. The molecule has 0 aliphatic carbocycles. The molecular weight excluding hydrogens is 362 g/mol. The number of rotatable bonds is 2. The van der Waals surface area contributed by atoms with Crippen molar-refractivity contribution < 1.29 is 14.6 Å². The van der Waals surface area contributed by atoms with Gasteiger partial charge in [-0.1, -0.05) is 54.6 Å². The fourth-order valence-corrected chi connectivity index (χ4v) is 4.88. The van der Waals surface area contributed by atoms with Gasteiger partial charge in [-0.2, -0.15) is 0 Å². The van der Waals surface area contributed by atoms with Gasteiger partial charge in [0.2, 0.25) is 0 Å². The zero-order chi connectivity index (χ0) is 20.6. The molecule has 2 unspecified atom stereocenters. The maximum absolute atomic E-state index is 12.8. The Kier molecular flexibility index (Phi) is 5.16. The topological polar surface area (TPSA) is 49.8 Å². The first-order chi connectivity index (χ1) is 13.8. The third kappa shape index (κ3) is 4.18. The number of hydrogen-bond acceptors (Lipinski definition) is 3. The third-order valence-electron chi connectivity index (χ3n) is 6.14. The van der Waals surface area contributed by atoms with Gasteiger partial charge in [0, 0.05) is 24.9 Å². The highest BCUT2D eigenvalue weighted by molar-refractivity contribution is 5.69. The first-order valence-corrected chi connectivity index (χ1v) is 10.6. The maximum Gasteiger partial charge on any atom is 0.410 e. The third-order valence-corrected chi connectivity index (χ3v) is 6.14. The lowest BCUT2D eigenvalue weighted by molar-refractivity contribution is -0.0965. The molecule has 2 fully saturated rings. The zero-order valence-corrected chi connectivity index (χ0v) is 17.6. The fourth-order valence-electron chi connectivity index (χ4n) is 4.88. The van der Waals surface area contributed by atoms with Crippen molar-refractivity contribution in [3.63, 3.8) is 0 Å². The van der Waals surface area contributed by atoms with Crippen molar-refractivity contribution in [2.75, 3.05) is 0 Å². The van der Waals surface area contributed by atoms with Crippen molar-refractivity contribution >= 4 is 6.09 Å². The second kappa shape index (κ2) is 7.49. The number of fused-ring (bicyclic) bond motifs is 2. The van der Waals surface area contributed by atoms with Gasteiger partial charge in [0.25, 0.3) is 0 Å². The Morgan fingerprint density at radius 1 is 0.966 bits per heavy atom. The van der Waals surface area contributed by atoms with Crippen LogP contribution in [0.2, 0.25) is 0 Å². The molecule has 2 aliphatic rings. The number of benzene rings is 2. The van der Waals surface area contributed by atoms with Crippen LogP contribution >= 0.6 is 0 Å². The van der Waals surface area contributed by atoms with E-state index < -0.39 is 11.2 Å². The molecule has 2 bridgehead atoms. The van der Waals surface area contributed by atoms with E-state index in [2.05, 4.69) is 24.3 Å². The van der Waals surface area contributed by atoms with Crippen LogP contribution in [0.4, 0.5) is 4.79 Å². The number of piperidine rings is 2. The van der Waals surface area contributed by atoms with Crippen molar-refractivity contribution in [3.05, 3.63) is 60.2 Å². The Morgan fingerprint density at radius 3 is 2.07 bits per heavy atom. The Bertz CT molecular complexity index is 840. The van der Waals surface area contributed by atoms with E-state index >= 15 is 0 Å². The molecule has 154 valence electrons. The summed E-state index contributed by atoms with van der Waals surface area (Å²) < 4.78 is 5.66. The van der Waals surface area contributed by atoms with Gasteiger partial charge in [0.15, 0.2) is 0 Å². The summed E-state index contributed by atoms with van der Waals surface area (Å²) in [5, 5.41) is 11.6. The zero-order valence-electron chi connectivity index (χ0n) is 17.6. The van der Waals surface area contributed by atoms with Gasteiger partial charge in [0.1, 0.15) is 5.60 Å². The van der Waals surface area contributed by atoms with Crippen LogP contribution in [0.1, 0.15) is 58.4 Å². The number of carbonyl (C=O) groups is 1. The minimum absolute atomic E-state index is 0.0242. The molecule has 4 heteroatoms. The molecule has 1 amide bonds. The van der Waals surface area contributed by atoms with Crippen LogP contribution in [0, 0.1) is 0 Å². The van der Waals surface area contributed by atoms with E-state index in [1.165, 1.54) is 5.56 Å². The lowest BCUT2D eigenvalue weighted by Gasteiger charge is -2.51. The van der Waals surface area contributed by atoms with Crippen LogP contribution in [0.5, 0.6) is 0 Å². The normalized spacial score (nSPS) is 26.8. The number of hydrogen-bond donors (Lipinski definition) is 1. The van der Waals surface area contributed by atoms with E-state index in [9.17, 15) is 9.90 Å². The molecule has 4 rings (SSSR count). The fraction of sp³-hybridized carbons (Fsp3) is 0.480. The van der Waals surface area contributed by atoms with Gasteiger partial charge in [0.05, 0.1) is 5.60 Å². The monoisotopic (exact) mass is 393 g/mol. The van der Waals surface area contributed by atoms with Crippen LogP contribution in [-0.2, 0) is 10.3 Å². The predicted molar refractivity (Wildman–Crippen MR) is 115 cm³/mol. The van der Waals surface area contributed by atoms with E-state index in [1.54, 1.807) is 0 Å². The first-order valence-electron chi connectivity index (χ1n) is 10.6. The van der Waals surface area contributed by atoms with Gasteiger partial charge >= 0.3 is 6.09 Å². The minimum Gasteiger partial charge on any atom is -0.444 e. The molecule has 1 N–H and O–H groups in total. The van der Waals surface area contributed by atoms with Crippen molar-refractivity contribution in [3.8, 4) is 11.1 Å². The Balaban J connectivity index is 1.55. The predicted octanol–water partition coefficient (Wildman–Crippen LogP) is 5.49. The SMILES string of the molecule is CC(C)(C)OC(=O)N1C2CCCC1CC(O)(c1ccc(-c3ccccc3)cc1)C2. The van der Waals surface area contributed by atoms with Gasteiger partial charge in [-0.05, 0) is 56.7 Å². The molecule has 2 aliphatic heterocycles. The van der Waals surface area contributed by atoms with E-state index in [4.69, 9.17) is 4.74 Å². The van der Waals surface area contributed by atoms with Gasteiger partial charge in [-0.3, -0.25) is 0 Å². The van der Waals surface area contributed by atoms with Crippen LogP contribution in [0.25, 0.3) is 11.1 Å². The molecule has 0 radical (unpaired) electrons. The van der Waals surface area contributed by atoms with Gasteiger partial charge in [-0.25, -0.2) is 4.79 Å². The highest BCUT2D eigenvalue weighted by Crippen LogP contribution is 2.45. The lowest BCUT2D eigenvalue weighted by atomic mass is 9.72. The number of nitrogens with zero attached hydrogens (tertiary/aromatic N) is 1. The van der Waals surface area contributed by atoms with Crippen LogP contribution in [-0.4, -0.2) is 33.8 Å². The molecule has 0 aromatic heterocycles. The maximum atomic E-state index is 12.8. The van der Waals surface area contributed by atoms with Gasteiger partial charge < -0.3 is 14.7 Å². The summed E-state index contributed by atoms with van der Waals surface area (Å²) in [6.45, 7) is 5.69. The Labute approximate surface area is 173 Å². The standard InChI is InChI=1S/C25H31NO3/c1-24(2,3)29-23(27)26-21-10-7-11-22(26)17-25(28,16-21)20-14-12-19(13-15-20)18-8-5-4-6-9-18/h4-6,8-9,12-15,21-22,28H,7,10-11,16-17H2,1-3H3. The van der Waals surface area contributed by atoms with Crippen molar-refractivity contribution in [1.82, 2.24) is 4.90 Å². The second-order valence-electron chi connectivity index (χ2n) is 9.51. The molecule has 29 heavy (non-hydrogen) atoms. The van der Waals surface area contributed by atoms with Crippen molar-refractivity contribution in [2.45, 2.75) is 76.2 Å². The largest absolute Gasteiger partial charge is 0.444 e. The average Bonchev–Trinajstić information content (AvgIpc) is 2.67. The summed E-state index contributed by atoms with van der Waals surface area (Å²) in [4.78, 5) is 14.7. The van der Waals surface area contributed by atoms with E-state index in [1.807, 2.05) is 56.0 Å². The molecule has 2 saturated heterocycles. The highest BCUT2D eigenvalue weighted by atomic mass is 16.6. The van der Waals surface area contributed by atoms with Crippen LogP contribution in [0.3, 0.4) is 0 Å². The molecule has 4 nitrogen and oxygen atoms in total. The molecule has 0 spiro atoms. The van der Waals surface area contributed by atoms with Crippen molar-refractivity contribution in [1.29, 1.82) is 0 Å². The summed E-state index contributed by atoms with van der Waals surface area (Å²) in [7, 11) is 0. The van der Waals surface area contributed by atoms with Crippen LogP contribution < -0.4 is 0 Å². The molecule has 2 aromatic rings. The summed E-state index contributed by atoms with van der Waals surface area (Å²) in [5.74, 6) is 0. The average molecular weight is 394 g/mol. The number of amides is 1. The number of aliphatic hydroxyl groups is 1. The number of ether oxygens (including phenoxy) is 1. The highest BCUT2D eigenvalue weighted by Gasteiger charge is 2.49. The summed E-state index contributed by atoms with van der Waals surface area (Å²) in [5.41, 5.74) is 1.85. The second-order valence-corrected chi connectivity index (χ2v) is 9.51. The smallest absolute Gasteiger partial charge is 0.410 e. The van der Waals surface area contributed by atoms with E-state index in [0.29, 0.717) is 12.8 Å². The summed E-state index contributed by atoms with van der Waals surface area (Å²) in [6, 6.07) is 18.6. The minimum atomic E-state index is -0.899. The molecule has 0 saturated carbocycles. The molecular formula is C25H31NO3. The van der Waals surface area contributed by atoms with Crippen LogP contribution in [0.15, 0.2) is 54.6 Å². The van der Waals surface area contributed by atoms with E-state index in [0.717, 1.165) is 30.4 Å².